The van der Waals surface area contributed by atoms with Crippen molar-refractivity contribution in [2.75, 3.05) is 31.9 Å². The lowest BCUT2D eigenvalue weighted by Crippen LogP contribution is -2.57. The van der Waals surface area contributed by atoms with E-state index in [0.29, 0.717) is 19.6 Å². The van der Waals surface area contributed by atoms with E-state index in [-0.39, 0.29) is 29.7 Å². The summed E-state index contributed by atoms with van der Waals surface area (Å²) >= 11 is 6.18. The molecule has 1 fully saturated rings. The number of rotatable bonds is 5. The average molecular weight is 514 g/mol. The van der Waals surface area contributed by atoms with Crippen molar-refractivity contribution in [2.24, 2.45) is 4.99 Å². The molecule has 0 spiro atoms. The van der Waals surface area contributed by atoms with E-state index in [2.05, 4.69) is 15.2 Å². The smallest absolute Gasteiger partial charge is 0.193 e. The van der Waals surface area contributed by atoms with Crippen molar-refractivity contribution < 1.29 is 8.42 Å². The summed E-state index contributed by atoms with van der Waals surface area (Å²) in [6.07, 6.45) is 1.77. The summed E-state index contributed by atoms with van der Waals surface area (Å²) in [6.45, 7) is 7.98. The highest BCUT2D eigenvalue weighted by molar-refractivity contribution is 14.0. The van der Waals surface area contributed by atoms with Gasteiger partial charge in [-0.3, -0.25) is 4.99 Å². The Bertz CT molecular complexity index is 723. The molecule has 1 aliphatic heterocycles. The molecule has 0 radical (unpaired) electrons. The minimum Gasteiger partial charge on any atom is -0.357 e. The number of guanidine groups is 1. The summed E-state index contributed by atoms with van der Waals surface area (Å²) in [5.74, 6) is 0.967. The Hall–Kier alpha value is -0.540. The van der Waals surface area contributed by atoms with Gasteiger partial charge in [-0.15, -0.1) is 24.0 Å². The van der Waals surface area contributed by atoms with Crippen molar-refractivity contribution in [3.05, 3.63) is 34.9 Å². The number of aryl methyl sites for hydroxylation is 1. The van der Waals surface area contributed by atoms with Crippen LogP contribution in [0, 0.1) is 0 Å². The molecule has 0 aromatic heterocycles. The Labute approximate surface area is 179 Å². The predicted molar refractivity (Wildman–Crippen MR) is 121 cm³/mol. The maximum Gasteiger partial charge on any atom is 0.193 e. The van der Waals surface area contributed by atoms with E-state index in [1.807, 2.05) is 31.2 Å². The lowest BCUT2D eigenvalue weighted by Gasteiger charge is -2.39. The zero-order valence-corrected chi connectivity index (χ0v) is 19.6. The third-order valence-electron chi connectivity index (χ3n) is 4.50. The number of hydrogen-bond donors (Lipinski definition) is 1. The Morgan fingerprint density at radius 1 is 1.35 bits per heavy atom. The highest BCUT2D eigenvalue weighted by Gasteiger charge is 2.40. The molecule has 1 aromatic carbocycles. The summed E-state index contributed by atoms with van der Waals surface area (Å²) in [4.78, 5) is 6.74. The van der Waals surface area contributed by atoms with Crippen molar-refractivity contribution in [3.63, 3.8) is 0 Å². The van der Waals surface area contributed by atoms with Crippen molar-refractivity contribution in [1.29, 1.82) is 0 Å². The quantitative estimate of drug-likeness (QED) is 0.284. The van der Waals surface area contributed by atoms with Gasteiger partial charge in [0.15, 0.2) is 15.8 Å². The average Bonchev–Trinajstić information content (AvgIpc) is 2.54. The minimum atomic E-state index is -3.05. The van der Waals surface area contributed by atoms with Crippen LogP contribution in [0.25, 0.3) is 0 Å². The molecule has 0 atom stereocenters. The highest BCUT2D eigenvalue weighted by Crippen LogP contribution is 2.23. The van der Waals surface area contributed by atoms with Crippen LogP contribution in [0.4, 0.5) is 0 Å². The molecule has 1 aromatic rings. The molecule has 148 valence electrons. The second-order valence-corrected chi connectivity index (χ2v) is 10.1. The van der Waals surface area contributed by atoms with Gasteiger partial charge < -0.3 is 10.2 Å². The van der Waals surface area contributed by atoms with E-state index in [0.717, 1.165) is 35.9 Å². The van der Waals surface area contributed by atoms with Crippen LogP contribution in [-0.2, 0) is 16.3 Å². The lowest BCUT2D eigenvalue weighted by molar-refractivity contribution is 0.353. The molecule has 0 bridgehead atoms. The summed E-state index contributed by atoms with van der Waals surface area (Å²) in [5.41, 5.74) is 1.13. The third kappa shape index (κ3) is 5.99. The van der Waals surface area contributed by atoms with E-state index < -0.39 is 14.6 Å². The summed E-state index contributed by atoms with van der Waals surface area (Å²) in [5, 5.41) is 4.08. The molecule has 0 aliphatic carbocycles. The molecule has 1 aliphatic rings. The van der Waals surface area contributed by atoms with Crippen molar-refractivity contribution in [3.8, 4) is 0 Å². The van der Waals surface area contributed by atoms with E-state index in [4.69, 9.17) is 11.6 Å². The van der Waals surface area contributed by atoms with E-state index in [9.17, 15) is 8.42 Å². The summed E-state index contributed by atoms with van der Waals surface area (Å²) in [7, 11) is -3.05. The van der Waals surface area contributed by atoms with Gasteiger partial charge in [0.25, 0.3) is 0 Å². The largest absolute Gasteiger partial charge is 0.357 e. The summed E-state index contributed by atoms with van der Waals surface area (Å²) < 4.78 is 23.6. The number of sulfone groups is 1. The standard InChI is InChI=1S/C18H28ClN3O2S.HI/c1-4-20-17(22-12-13-25(23,24)18(2,3)14-22)21-11-7-9-15-8-5-6-10-16(15)19;/h5-6,8,10H,4,7,9,11-14H2,1-3H3,(H,20,21);1H. The molecule has 0 saturated carbocycles. The zero-order valence-electron chi connectivity index (χ0n) is 15.7. The minimum absolute atomic E-state index is 0. The predicted octanol–water partition coefficient (Wildman–Crippen LogP) is 3.37. The van der Waals surface area contributed by atoms with Crippen LogP contribution in [0.3, 0.4) is 0 Å². The Kier molecular flexibility index (Phi) is 9.15. The first-order valence-corrected chi connectivity index (χ1v) is 10.8. The Balaban J connectivity index is 0.00000338. The number of nitrogens with one attached hydrogen (secondary N) is 1. The molecule has 1 saturated heterocycles. The number of benzene rings is 1. The van der Waals surface area contributed by atoms with Crippen LogP contribution in [0.2, 0.25) is 5.02 Å². The van der Waals surface area contributed by atoms with Gasteiger partial charge in [0.2, 0.25) is 0 Å². The topological polar surface area (TPSA) is 61.8 Å². The molecule has 2 rings (SSSR count). The second kappa shape index (κ2) is 10.1. The fraction of sp³-hybridized carbons (Fsp3) is 0.611. The van der Waals surface area contributed by atoms with Gasteiger partial charge in [-0.05, 0) is 45.2 Å². The van der Waals surface area contributed by atoms with Gasteiger partial charge in [0, 0.05) is 31.2 Å². The van der Waals surface area contributed by atoms with Crippen LogP contribution in [0.1, 0.15) is 32.8 Å². The van der Waals surface area contributed by atoms with E-state index in [1.54, 1.807) is 13.8 Å². The van der Waals surface area contributed by atoms with Crippen LogP contribution >= 0.6 is 35.6 Å². The number of nitrogens with zero attached hydrogens (tertiary/aromatic N) is 2. The fourth-order valence-corrected chi connectivity index (χ4v) is 4.50. The maximum absolute atomic E-state index is 12.2. The fourth-order valence-electron chi connectivity index (χ4n) is 2.91. The van der Waals surface area contributed by atoms with Crippen LogP contribution < -0.4 is 5.32 Å². The molecule has 1 N–H and O–H groups in total. The van der Waals surface area contributed by atoms with Gasteiger partial charge in [-0.25, -0.2) is 8.42 Å². The van der Waals surface area contributed by atoms with Crippen molar-refractivity contribution in [1.82, 2.24) is 10.2 Å². The molecular weight excluding hydrogens is 485 g/mol. The number of hydrogen-bond acceptors (Lipinski definition) is 3. The monoisotopic (exact) mass is 513 g/mol. The molecule has 0 amide bonds. The van der Waals surface area contributed by atoms with Gasteiger partial charge >= 0.3 is 0 Å². The van der Waals surface area contributed by atoms with Gasteiger partial charge in [-0.2, -0.15) is 0 Å². The molecule has 0 unspecified atom stereocenters. The maximum atomic E-state index is 12.2. The molecule has 5 nitrogen and oxygen atoms in total. The third-order valence-corrected chi connectivity index (χ3v) is 7.40. The van der Waals surface area contributed by atoms with Crippen LogP contribution in [0.15, 0.2) is 29.3 Å². The highest BCUT2D eigenvalue weighted by atomic mass is 127. The zero-order chi connectivity index (χ0) is 18.5. The van der Waals surface area contributed by atoms with Crippen LogP contribution in [0.5, 0.6) is 0 Å². The molecular formula is C18H29ClIN3O2S. The van der Waals surface area contributed by atoms with Crippen molar-refractivity contribution in [2.45, 2.75) is 38.4 Å². The molecule has 1 heterocycles. The number of aliphatic imine (C=N–C) groups is 1. The second-order valence-electron chi connectivity index (χ2n) is 6.93. The van der Waals surface area contributed by atoms with E-state index in [1.165, 1.54) is 0 Å². The van der Waals surface area contributed by atoms with Gasteiger partial charge in [0.05, 0.1) is 10.5 Å². The van der Waals surface area contributed by atoms with Gasteiger partial charge in [0.1, 0.15) is 0 Å². The first-order valence-electron chi connectivity index (χ1n) is 8.76. The molecule has 26 heavy (non-hydrogen) atoms. The van der Waals surface area contributed by atoms with E-state index >= 15 is 0 Å². The summed E-state index contributed by atoms with van der Waals surface area (Å²) in [6, 6.07) is 7.86. The Morgan fingerprint density at radius 2 is 2.04 bits per heavy atom. The first-order chi connectivity index (χ1) is 11.8. The number of halogens is 2. The normalized spacial score (nSPS) is 18.9. The Morgan fingerprint density at radius 3 is 2.65 bits per heavy atom. The first kappa shape index (κ1) is 23.5. The SMILES string of the molecule is CCNC(=NCCCc1ccccc1Cl)N1CCS(=O)(=O)C(C)(C)C1.I. The van der Waals surface area contributed by atoms with Gasteiger partial charge in [-0.1, -0.05) is 29.8 Å². The molecule has 8 heteroatoms. The van der Waals surface area contributed by atoms with Crippen LogP contribution in [-0.4, -0.2) is 56.0 Å². The van der Waals surface area contributed by atoms with Crippen molar-refractivity contribution >= 4 is 51.4 Å². The lowest BCUT2D eigenvalue weighted by atomic mass is 10.1.